The molecule has 2 aromatic rings. The summed E-state index contributed by atoms with van der Waals surface area (Å²) in [5.74, 6) is 0.0857. The van der Waals surface area contributed by atoms with E-state index < -0.39 is 10.0 Å². The fourth-order valence-electron chi connectivity index (χ4n) is 3.12. The third-order valence-electron chi connectivity index (χ3n) is 4.60. The molecular weight excluding hydrogens is 362 g/mol. The zero-order valence-corrected chi connectivity index (χ0v) is 16.5. The number of hydrogen-bond donors (Lipinski definition) is 0. The zero-order valence-electron chi connectivity index (χ0n) is 15.7. The summed E-state index contributed by atoms with van der Waals surface area (Å²) in [6.07, 6.45) is 1.39. The number of carbonyl (C=O) groups is 1. The maximum Gasteiger partial charge on any atom is 0.264 e. The first kappa shape index (κ1) is 19.4. The highest BCUT2D eigenvalue weighted by atomic mass is 32.2. The van der Waals surface area contributed by atoms with Gasteiger partial charge >= 0.3 is 0 Å². The van der Waals surface area contributed by atoms with Crippen LogP contribution in [0.25, 0.3) is 0 Å². The highest BCUT2D eigenvalue weighted by molar-refractivity contribution is 7.92. The van der Waals surface area contributed by atoms with E-state index in [0.29, 0.717) is 31.7 Å². The summed E-state index contributed by atoms with van der Waals surface area (Å²) in [5.41, 5.74) is 1.38. The van der Waals surface area contributed by atoms with E-state index in [9.17, 15) is 13.2 Å². The van der Waals surface area contributed by atoms with Gasteiger partial charge in [0.15, 0.2) is 0 Å². The molecule has 0 aromatic heterocycles. The van der Waals surface area contributed by atoms with Crippen LogP contribution in [-0.2, 0) is 14.8 Å². The van der Waals surface area contributed by atoms with Gasteiger partial charge in [-0.15, -0.1) is 0 Å². The SMILES string of the molecule is CN(C)CCN(c1ccccc1)S(=O)(=O)c1ccc(N2CCCC2=O)cc1. The lowest BCUT2D eigenvalue weighted by Gasteiger charge is -2.26. The number of amides is 1. The number of para-hydroxylation sites is 1. The maximum atomic E-state index is 13.3. The molecule has 0 spiro atoms. The molecule has 0 atom stereocenters. The van der Waals surface area contributed by atoms with Gasteiger partial charge in [0.2, 0.25) is 5.91 Å². The Labute approximate surface area is 161 Å². The van der Waals surface area contributed by atoms with E-state index in [4.69, 9.17) is 0 Å². The van der Waals surface area contributed by atoms with Crippen molar-refractivity contribution in [1.82, 2.24) is 4.90 Å². The third-order valence-corrected chi connectivity index (χ3v) is 6.45. The summed E-state index contributed by atoms with van der Waals surface area (Å²) >= 11 is 0. The van der Waals surface area contributed by atoms with Crippen molar-refractivity contribution in [2.45, 2.75) is 17.7 Å². The second kappa shape index (κ2) is 8.10. The summed E-state index contributed by atoms with van der Waals surface area (Å²) in [4.78, 5) is 15.8. The van der Waals surface area contributed by atoms with E-state index in [2.05, 4.69) is 0 Å². The van der Waals surface area contributed by atoms with Crippen molar-refractivity contribution >= 4 is 27.3 Å². The minimum Gasteiger partial charge on any atom is -0.312 e. The van der Waals surface area contributed by atoms with Crippen molar-refractivity contribution in [2.24, 2.45) is 0 Å². The molecule has 1 fully saturated rings. The fraction of sp³-hybridized carbons (Fsp3) is 0.350. The minimum atomic E-state index is -3.70. The molecule has 0 saturated carbocycles. The standard InChI is InChI=1S/C20H25N3O3S/c1-21(2)15-16-23(18-7-4-3-5-8-18)27(25,26)19-12-10-17(11-13-19)22-14-6-9-20(22)24/h3-5,7-8,10-13H,6,9,14-16H2,1-2H3. The Balaban J connectivity index is 1.90. The van der Waals surface area contributed by atoms with Gasteiger partial charge in [-0.05, 0) is 56.9 Å². The summed E-state index contributed by atoms with van der Waals surface area (Å²) in [5, 5.41) is 0. The lowest BCUT2D eigenvalue weighted by atomic mass is 10.3. The second-order valence-corrected chi connectivity index (χ2v) is 8.72. The molecule has 1 amide bonds. The van der Waals surface area contributed by atoms with Crippen LogP contribution in [0.3, 0.4) is 0 Å². The number of nitrogens with zero attached hydrogens (tertiary/aromatic N) is 3. The summed E-state index contributed by atoms with van der Waals surface area (Å²) in [6.45, 7) is 1.64. The average molecular weight is 388 g/mol. The molecule has 0 bridgehead atoms. The molecule has 1 aliphatic rings. The van der Waals surface area contributed by atoms with Crippen molar-refractivity contribution in [3.63, 3.8) is 0 Å². The second-order valence-electron chi connectivity index (χ2n) is 6.86. The highest BCUT2D eigenvalue weighted by Crippen LogP contribution is 2.27. The number of likely N-dealkylation sites (N-methyl/N-ethyl adjacent to an activating group) is 1. The fourth-order valence-corrected chi connectivity index (χ4v) is 4.58. The maximum absolute atomic E-state index is 13.3. The lowest BCUT2D eigenvalue weighted by Crippen LogP contribution is -2.36. The number of hydrogen-bond acceptors (Lipinski definition) is 4. The van der Waals surface area contributed by atoms with Crippen molar-refractivity contribution in [3.8, 4) is 0 Å². The molecule has 7 heteroatoms. The summed E-state index contributed by atoms with van der Waals surface area (Å²) < 4.78 is 28.0. The predicted molar refractivity (Wildman–Crippen MR) is 108 cm³/mol. The molecule has 0 unspecified atom stereocenters. The van der Waals surface area contributed by atoms with Crippen LogP contribution in [0.1, 0.15) is 12.8 Å². The predicted octanol–water partition coefficient (Wildman–Crippen LogP) is 2.57. The van der Waals surface area contributed by atoms with Gasteiger partial charge < -0.3 is 9.80 Å². The molecule has 1 saturated heterocycles. The molecular formula is C20H25N3O3S. The van der Waals surface area contributed by atoms with Crippen LogP contribution in [0, 0.1) is 0 Å². The van der Waals surface area contributed by atoms with E-state index in [0.717, 1.165) is 12.1 Å². The molecule has 2 aromatic carbocycles. The van der Waals surface area contributed by atoms with Crippen molar-refractivity contribution in [1.29, 1.82) is 0 Å². The molecule has 144 valence electrons. The van der Waals surface area contributed by atoms with Gasteiger partial charge in [-0.3, -0.25) is 9.10 Å². The van der Waals surface area contributed by atoms with Crippen molar-refractivity contribution in [3.05, 3.63) is 54.6 Å². The van der Waals surface area contributed by atoms with Gasteiger partial charge in [0.25, 0.3) is 10.0 Å². The third kappa shape index (κ3) is 4.31. The molecule has 1 aliphatic heterocycles. The number of benzene rings is 2. The van der Waals surface area contributed by atoms with E-state index in [1.807, 2.05) is 37.2 Å². The van der Waals surface area contributed by atoms with Gasteiger partial charge in [0.1, 0.15) is 0 Å². The van der Waals surface area contributed by atoms with Crippen LogP contribution in [0.15, 0.2) is 59.5 Å². The smallest absolute Gasteiger partial charge is 0.264 e. The molecule has 0 radical (unpaired) electrons. The normalized spacial score (nSPS) is 14.8. The Hall–Kier alpha value is -2.38. The van der Waals surface area contributed by atoms with Crippen LogP contribution >= 0.6 is 0 Å². The van der Waals surface area contributed by atoms with E-state index in [-0.39, 0.29) is 10.8 Å². The summed E-state index contributed by atoms with van der Waals surface area (Å²) in [7, 11) is 0.128. The molecule has 3 rings (SSSR count). The van der Waals surface area contributed by atoms with Gasteiger partial charge in [-0.2, -0.15) is 0 Å². The quantitative estimate of drug-likeness (QED) is 0.733. The van der Waals surface area contributed by atoms with Crippen LogP contribution in [0.5, 0.6) is 0 Å². The summed E-state index contributed by atoms with van der Waals surface area (Å²) in [6, 6.07) is 15.7. The van der Waals surface area contributed by atoms with Crippen LogP contribution in [-0.4, -0.2) is 53.0 Å². The first-order chi connectivity index (χ1) is 12.9. The minimum absolute atomic E-state index is 0.0857. The largest absolute Gasteiger partial charge is 0.312 e. The first-order valence-corrected chi connectivity index (χ1v) is 10.5. The number of sulfonamides is 1. The number of carbonyl (C=O) groups excluding carboxylic acids is 1. The van der Waals surface area contributed by atoms with Crippen LogP contribution in [0.4, 0.5) is 11.4 Å². The first-order valence-electron chi connectivity index (χ1n) is 9.02. The van der Waals surface area contributed by atoms with Gasteiger partial charge in [0.05, 0.1) is 10.6 Å². The van der Waals surface area contributed by atoms with Crippen molar-refractivity contribution in [2.75, 3.05) is 42.9 Å². The molecule has 0 N–H and O–H groups in total. The van der Waals surface area contributed by atoms with Crippen LogP contribution < -0.4 is 9.21 Å². The highest BCUT2D eigenvalue weighted by Gasteiger charge is 2.26. The van der Waals surface area contributed by atoms with Crippen molar-refractivity contribution < 1.29 is 13.2 Å². The Kier molecular flexibility index (Phi) is 5.82. The topological polar surface area (TPSA) is 60.9 Å². The molecule has 27 heavy (non-hydrogen) atoms. The monoisotopic (exact) mass is 387 g/mol. The Bertz CT molecular complexity index is 880. The Morgan fingerprint density at radius 1 is 0.963 bits per heavy atom. The molecule has 1 heterocycles. The van der Waals surface area contributed by atoms with Gasteiger partial charge in [-0.1, -0.05) is 18.2 Å². The van der Waals surface area contributed by atoms with Crippen LogP contribution in [0.2, 0.25) is 0 Å². The number of anilines is 2. The average Bonchev–Trinajstić information content (AvgIpc) is 3.08. The van der Waals surface area contributed by atoms with E-state index in [1.165, 1.54) is 4.31 Å². The van der Waals surface area contributed by atoms with Gasteiger partial charge in [0, 0.05) is 31.7 Å². The van der Waals surface area contributed by atoms with Gasteiger partial charge in [-0.25, -0.2) is 8.42 Å². The molecule has 0 aliphatic carbocycles. The molecule has 6 nitrogen and oxygen atoms in total. The van der Waals surface area contributed by atoms with E-state index >= 15 is 0 Å². The Morgan fingerprint density at radius 2 is 1.63 bits per heavy atom. The lowest BCUT2D eigenvalue weighted by molar-refractivity contribution is -0.117. The Morgan fingerprint density at radius 3 is 2.19 bits per heavy atom. The van der Waals surface area contributed by atoms with E-state index in [1.54, 1.807) is 41.3 Å². The zero-order chi connectivity index (χ0) is 19.4. The number of rotatable bonds is 7.